The highest BCUT2D eigenvalue weighted by Gasteiger charge is 2.49. The number of ketones is 1. The average molecular weight is 246 g/mol. The molecule has 0 heterocycles. The van der Waals surface area contributed by atoms with Gasteiger partial charge in [-0.2, -0.15) is 0 Å². The number of carbonyl (C=O) groups excluding carboxylic acids is 1. The maximum absolute atomic E-state index is 11.7. The van der Waals surface area contributed by atoms with Gasteiger partial charge in [0, 0.05) is 12.8 Å². The topological polar surface area (TPSA) is 17.1 Å². The van der Waals surface area contributed by atoms with Gasteiger partial charge in [-0.3, -0.25) is 4.79 Å². The van der Waals surface area contributed by atoms with Gasteiger partial charge < -0.3 is 0 Å². The monoisotopic (exact) mass is 246 g/mol. The highest BCUT2D eigenvalue weighted by molar-refractivity contribution is 5.79. The van der Waals surface area contributed by atoms with Gasteiger partial charge in [-0.25, -0.2) is 0 Å². The Bertz CT molecular complexity index is 348. The molecule has 5 unspecified atom stereocenters. The van der Waals surface area contributed by atoms with Crippen LogP contribution in [0.25, 0.3) is 0 Å². The summed E-state index contributed by atoms with van der Waals surface area (Å²) in [4.78, 5) is 11.7. The Labute approximate surface area is 111 Å². The van der Waals surface area contributed by atoms with Crippen molar-refractivity contribution in [3.05, 3.63) is 0 Å². The fourth-order valence-corrected chi connectivity index (χ4v) is 6.28. The molecule has 1 heteroatoms. The Morgan fingerprint density at radius 1 is 0.667 bits per heavy atom. The highest BCUT2D eigenvalue weighted by atomic mass is 16.1. The van der Waals surface area contributed by atoms with Crippen molar-refractivity contribution < 1.29 is 4.79 Å². The lowest BCUT2D eigenvalue weighted by molar-refractivity contribution is -0.126. The first kappa shape index (κ1) is 11.5. The van der Waals surface area contributed by atoms with Gasteiger partial charge in [0.2, 0.25) is 0 Å². The van der Waals surface area contributed by atoms with E-state index in [1.807, 2.05) is 0 Å². The zero-order valence-electron chi connectivity index (χ0n) is 11.4. The van der Waals surface area contributed by atoms with Crippen LogP contribution >= 0.6 is 0 Å². The largest absolute Gasteiger partial charge is 0.300 e. The van der Waals surface area contributed by atoms with Gasteiger partial charge in [-0.1, -0.05) is 12.8 Å². The van der Waals surface area contributed by atoms with Crippen molar-refractivity contribution in [2.45, 2.75) is 64.2 Å². The van der Waals surface area contributed by atoms with E-state index in [0.29, 0.717) is 5.78 Å². The van der Waals surface area contributed by atoms with Crippen LogP contribution in [-0.2, 0) is 4.79 Å². The van der Waals surface area contributed by atoms with Gasteiger partial charge in [-0.15, -0.1) is 0 Å². The molecule has 0 aliphatic heterocycles. The highest BCUT2D eigenvalue weighted by Crippen LogP contribution is 2.57. The van der Waals surface area contributed by atoms with Gasteiger partial charge in [-0.05, 0) is 74.0 Å². The van der Waals surface area contributed by atoms with Crippen molar-refractivity contribution in [2.75, 3.05) is 0 Å². The number of hydrogen-bond acceptors (Lipinski definition) is 1. The summed E-state index contributed by atoms with van der Waals surface area (Å²) in [6.45, 7) is 0. The molecule has 0 saturated heterocycles. The molecule has 0 bridgehead atoms. The van der Waals surface area contributed by atoms with Crippen LogP contribution in [0.1, 0.15) is 64.2 Å². The molecule has 100 valence electrons. The normalized spacial score (nSPS) is 51.4. The molecular formula is C17H26O. The molecule has 0 amide bonds. The van der Waals surface area contributed by atoms with Gasteiger partial charge in [0.1, 0.15) is 5.78 Å². The minimum absolute atomic E-state index is 0.559. The number of rotatable bonds is 0. The third kappa shape index (κ3) is 1.69. The van der Waals surface area contributed by atoms with Crippen molar-refractivity contribution in [1.29, 1.82) is 0 Å². The third-order valence-electron chi connectivity index (χ3n) is 6.96. The van der Waals surface area contributed by atoms with Gasteiger partial charge in [0.25, 0.3) is 0 Å². The number of fused-ring (bicyclic) bond motifs is 5. The zero-order chi connectivity index (χ0) is 12.1. The van der Waals surface area contributed by atoms with Crippen LogP contribution in [0.2, 0.25) is 0 Å². The van der Waals surface area contributed by atoms with Crippen LogP contribution in [0.3, 0.4) is 0 Å². The first-order chi connectivity index (χ1) is 8.83. The molecule has 6 atom stereocenters. The molecule has 4 aliphatic rings. The number of hydrogen-bond donors (Lipinski definition) is 0. The van der Waals surface area contributed by atoms with Gasteiger partial charge in [0.05, 0.1) is 0 Å². The van der Waals surface area contributed by atoms with Crippen LogP contribution in [0.4, 0.5) is 0 Å². The Hall–Kier alpha value is -0.330. The summed E-state index contributed by atoms with van der Waals surface area (Å²) in [7, 11) is 0. The molecule has 0 radical (unpaired) electrons. The van der Waals surface area contributed by atoms with Crippen LogP contribution < -0.4 is 0 Å². The molecule has 4 fully saturated rings. The van der Waals surface area contributed by atoms with E-state index in [0.717, 1.165) is 48.3 Å². The molecule has 18 heavy (non-hydrogen) atoms. The fourth-order valence-electron chi connectivity index (χ4n) is 6.28. The van der Waals surface area contributed by atoms with Crippen molar-refractivity contribution >= 4 is 5.78 Å². The summed E-state index contributed by atoms with van der Waals surface area (Å²) in [6, 6.07) is 0. The Balaban J connectivity index is 1.55. The summed E-state index contributed by atoms with van der Waals surface area (Å²) in [5.74, 6) is 6.52. The Morgan fingerprint density at radius 3 is 2.22 bits per heavy atom. The summed E-state index contributed by atoms with van der Waals surface area (Å²) < 4.78 is 0. The first-order valence-electron chi connectivity index (χ1n) is 8.34. The van der Waals surface area contributed by atoms with Crippen molar-refractivity contribution in [1.82, 2.24) is 0 Å². The smallest absolute Gasteiger partial charge is 0.133 e. The van der Waals surface area contributed by atoms with Gasteiger partial charge >= 0.3 is 0 Å². The summed E-state index contributed by atoms with van der Waals surface area (Å²) in [6.07, 6.45) is 13.5. The molecule has 0 aromatic carbocycles. The van der Waals surface area contributed by atoms with Crippen LogP contribution in [-0.4, -0.2) is 5.78 Å². The quantitative estimate of drug-likeness (QED) is 0.626. The van der Waals surface area contributed by atoms with E-state index in [1.165, 1.54) is 51.4 Å². The average Bonchev–Trinajstić information content (AvgIpc) is 2.86. The van der Waals surface area contributed by atoms with E-state index in [4.69, 9.17) is 0 Å². The van der Waals surface area contributed by atoms with E-state index < -0.39 is 0 Å². The standard InChI is InChI=1S/C17H26O/c18-13-6-9-15-12(10-13)5-8-16-14-3-1-2-11(14)4-7-17(15)16/h11-12,14-17H,1-10H2/t11?,12-,14?,15?,16?,17?/m1/s1. The van der Waals surface area contributed by atoms with E-state index >= 15 is 0 Å². The molecule has 0 aromatic rings. The van der Waals surface area contributed by atoms with E-state index in [9.17, 15) is 4.79 Å². The lowest BCUT2D eigenvalue weighted by Crippen LogP contribution is -2.44. The molecule has 1 nitrogen and oxygen atoms in total. The Kier molecular flexibility index (Phi) is 2.78. The number of Topliss-reactive ketones (excluding diaryl/α,β-unsaturated/α-hetero) is 1. The molecule has 4 saturated carbocycles. The minimum atomic E-state index is 0.559. The maximum Gasteiger partial charge on any atom is 0.133 e. The number of carbonyl (C=O) groups is 1. The summed E-state index contributed by atoms with van der Waals surface area (Å²) in [5, 5.41) is 0. The molecule has 0 spiro atoms. The zero-order valence-corrected chi connectivity index (χ0v) is 11.4. The second kappa shape index (κ2) is 4.35. The molecule has 0 aromatic heterocycles. The predicted octanol–water partition coefficient (Wildman–Crippen LogP) is 4.21. The van der Waals surface area contributed by atoms with Crippen molar-refractivity contribution in [3.63, 3.8) is 0 Å². The van der Waals surface area contributed by atoms with Crippen LogP contribution in [0.15, 0.2) is 0 Å². The maximum atomic E-state index is 11.7. The van der Waals surface area contributed by atoms with E-state index in [-0.39, 0.29) is 0 Å². The van der Waals surface area contributed by atoms with Crippen LogP contribution in [0.5, 0.6) is 0 Å². The first-order valence-corrected chi connectivity index (χ1v) is 8.34. The molecule has 4 aliphatic carbocycles. The molecule has 4 rings (SSSR count). The predicted molar refractivity (Wildman–Crippen MR) is 72.1 cm³/mol. The summed E-state index contributed by atoms with van der Waals surface area (Å²) in [5.41, 5.74) is 0. The van der Waals surface area contributed by atoms with Crippen molar-refractivity contribution in [2.24, 2.45) is 35.5 Å². The lowest BCUT2D eigenvalue weighted by Gasteiger charge is -2.51. The summed E-state index contributed by atoms with van der Waals surface area (Å²) >= 11 is 0. The van der Waals surface area contributed by atoms with E-state index in [1.54, 1.807) is 0 Å². The fraction of sp³-hybridized carbons (Fsp3) is 0.941. The van der Waals surface area contributed by atoms with Crippen LogP contribution in [0, 0.1) is 35.5 Å². The van der Waals surface area contributed by atoms with Gasteiger partial charge in [0.15, 0.2) is 0 Å². The lowest BCUT2D eigenvalue weighted by atomic mass is 9.54. The SMILES string of the molecule is O=C1CCC2C3CCC4CCCC4C3CC[C@@H]2C1. The minimum Gasteiger partial charge on any atom is -0.300 e. The second-order valence-electron chi connectivity index (χ2n) is 7.54. The molecular weight excluding hydrogens is 220 g/mol. The Morgan fingerprint density at radius 2 is 1.39 bits per heavy atom. The van der Waals surface area contributed by atoms with Crippen molar-refractivity contribution in [3.8, 4) is 0 Å². The van der Waals surface area contributed by atoms with E-state index in [2.05, 4.69) is 0 Å². The second-order valence-corrected chi connectivity index (χ2v) is 7.54. The third-order valence-corrected chi connectivity index (χ3v) is 6.96. The molecule has 0 N–H and O–H groups in total.